The fraction of sp³-hybridized carbons (Fsp3) is 0.208. The number of hydrogen-bond donors (Lipinski definition) is 0. The Kier molecular flexibility index (Phi) is 5.42. The van der Waals surface area contributed by atoms with Crippen LogP contribution in [-0.2, 0) is 9.52 Å². The molecule has 9 heteroatoms. The number of rotatable bonds is 4. The van der Waals surface area contributed by atoms with Crippen LogP contribution >= 0.6 is 11.6 Å². The summed E-state index contributed by atoms with van der Waals surface area (Å²) >= 11 is 5.99. The lowest BCUT2D eigenvalue weighted by molar-refractivity contribution is 0.414. The number of aromatic nitrogens is 3. The highest BCUT2D eigenvalue weighted by Crippen LogP contribution is 2.31. The highest BCUT2D eigenvalue weighted by molar-refractivity contribution is 8.00. The first-order valence-electron chi connectivity index (χ1n) is 10.5. The second kappa shape index (κ2) is 8.28. The molecule has 1 aliphatic rings. The Bertz CT molecular complexity index is 1490. The smallest absolute Gasteiger partial charge is 0.282 e. The van der Waals surface area contributed by atoms with Gasteiger partial charge < -0.3 is 9.64 Å². The Morgan fingerprint density at radius 3 is 2.48 bits per heavy atom. The SMILES string of the molecule is C=S1(=O)CCN(c2ccc(-n3cnn4cc(-c5ccc(Cl)cc5)cc4c3=O)cc2OC)CC1. The highest BCUT2D eigenvalue weighted by atomic mass is 35.5. The third-order valence-corrected chi connectivity index (χ3v) is 8.06. The number of halogens is 1. The number of nitrogens with zero attached hydrogens (tertiary/aromatic N) is 4. The van der Waals surface area contributed by atoms with Crippen molar-refractivity contribution in [3.05, 3.63) is 76.4 Å². The zero-order valence-electron chi connectivity index (χ0n) is 18.1. The molecule has 0 unspecified atom stereocenters. The van der Waals surface area contributed by atoms with Gasteiger partial charge in [-0.2, -0.15) is 5.10 Å². The molecule has 2 aromatic carbocycles. The Morgan fingerprint density at radius 2 is 1.79 bits per heavy atom. The van der Waals surface area contributed by atoms with E-state index in [4.69, 9.17) is 16.3 Å². The van der Waals surface area contributed by atoms with E-state index in [1.165, 1.54) is 10.9 Å². The summed E-state index contributed by atoms with van der Waals surface area (Å²) in [6.07, 6.45) is 3.33. The van der Waals surface area contributed by atoms with Crippen LogP contribution in [0.5, 0.6) is 5.75 Å². The van der Waals surface area contributed by atoms with Gasteiger partial charge in [0.05, 0.1) is 18.5 Å². The third kappa shape index (κ3) is 4.12. The molecular weight excluding hydrogens is 460 g/mol. The van der Waals surface area contributed by atoms with Gasteiger partial charge in [-0.05, 0) is 51.3 Å². The van der Waals surface area contributed by atoms with E-state index >= 15 is 0 Å². The monoisotopic (exact) mass is 482 g/mol. The molecule has 0 saturated carbocycles. The van der Waals surface area contributed by atoms with E-state index in [1.807, 2.05) is 54.7 Å². The van der Waals surface area contributed by atoms with Crippen LogP contribution in [0.25, 0.3) is 22.3 Å². The number of benzene rings is 2. The van der Waals surface area contributed by atoms with Crippen LogP contribution in [-0.4, -0.2) is 56.0 Å². The minimum absolute atomic E-state index is 0.185. The third-order valence-electron chi connectivity index (χ3n) is 5.96. The summed E-state index contributed by atoms with van der Waals surface area (Å²) in [6, 6.07) is 14.9. The fourth-order valence-corrected chi connectivity index (χ4v) is 5.50. The van der Waals surface area contributed by atoms with Crippen LogP contribution in [0.2, 0.25) is 5.02 Å². The molecule has 1 aliphatic heterocycles. The van der Waals surface area contributed by atoms with Crippen LogP contribution < -0.4 is 15.2 Å². The van der Waals surface area contributed by atoms with Crippen molar-refractivity contribution < 1.29 is 8.95 Å². The zero-order valence-corrected chi connectivity index (χ0v) is 19.7. The van der Waals surface area contributed by atoms with Crippen LogP contribution in [0.3, 0.4) is 0 Å². The minimum Gasteiger partial charge on any atom is -0.495 e. The zero-order chi connectivity index (χ0) is 23.2. The van der Waals surface area contributed by atoms with Gasteiger partial charge in [0.25, 0.3) is 5.56 Å². The number of hydrogen-bond acceptors (Lipinski definition) is 5. The molecule has 0 N–H and O–H groups in total. The van der Waals surface area contributed by atoms with Gasteiger partial charge in [0, 0.05) is 47.4 Å². The van der Waals surface area contributed by atoms with Crippen LogP contribution in [0, 0.1) is 0 Å². The van der Waals surface area contributed by atoms with E-state index in [0.717, 1.165) is 16.8 Å². The van der Waals surface area contributed by atoms with Crippen molar-refractivity contribution in [1.82, 2.24) is 14.2 Å². The van der Waals surface area contributed by atoms with Crippen molar-refractivity contribution in [2.24, 2.45) is 0 Å². The Morgan fingerprint density at radius 1 is 1.06 bits per heavy atom. The van der Waals surface area contributed by atoms with Gasteiger partial charge >= 0.3 is 0 Å². The van der Waals surface area contributed by atoms with E-state index in [1.54, 1.807) is 11.6 Å². The molecule has 0 spiro atoms. The predicted octanol–water partition coefficient (Wildman–Crippen LogP) is 3.35. The molecule has 2 aromatic heterocycles. The Hall–Kier alpha value is -3.23. The number of ether oxygens (including phenoxy) is 1. The summed E-state index contributed by atoms with van der Waals surface area (Å²) in [4.78, 5) is 15.4. The summed E-state index contributed by atoms with van der Waals surface area (Å²) in [5.74, 6) is 5.59. The van der Waals surface area contributed by atoms with Crippen LogP contribution in [0.15, 0.2) is 65.8 Å². The lowest BCUT2D eigenvalue weighted by Crippen LogP contribution is -2.40. The maximum atomic E-state index is 13.3. The fourth-order valence-electron chi connectivity index (χ4n) is 4.06. The summed E-state index contributed by atoms with van der Waals surface area (Å²) in [5, 5.41) is 5.09. The van der Waals surface area contributed by atoms with Gasteiger partial charge in [-0.25, -0.2) is 4.52 Å². The number of methoxy groups -OCH3 is 1. The summed E-state index contributed by atoms with van der Waals surface area (Å²) in [6.45, 7) is 1.31. The maximum absolute atomic E-state index is 13.3. The van der Waals surface area contributed by atoms with Gasteiger partial charge in [-0.1, -0.05) is 23.7 Å². The second-order valence-corrected chi connectivity index (χ2v) is 11.3. The molecule has 33 heavy (non-hydrogen) atoms. The molecule has 5 rings (SSSR count). The van der Waals surface area contributed by atoms with E-state index < -0.39 is 9.52 Å². The van der Waals surface area contributed by atoms with Crippen molar-refractivity contribution in [3.8, 4) is 22.6 Å². The van der Waals surface area contributed by atoms with Gasteiger partial charge in [-0.15, -0.1) is 0 Å². The van der Waals surface area contributed by atoms with Crippen LogP contribution in [0.1, 0.15) is 0 Å². The lowest BCUT2D eigenvalue weighted by atomic mass is 10.1. The summed E-state index contributed by atoms with van der Waals surface area (Å²) in [7, 11) is -0.382. The Balaban J connectivity index is 1.51. The first-order valence-corrected chi connectivity index (χ1v) is 12.9. The lowest BCUT2D eigenvalue weighted by Gasteiger charge is -2.31. The molecule has 3 heterocycles. The largest absolute Gasteiger partial charge is 0.495 e. The van der Waals surface area contributed by atoms with E-state index in [0.29, 0.717) is 46.6 Å². The quantitative estimate of drug-likeness (QED) is 0.417. The van der Waals surface area contributed by atoms with Gasteiger partial charge in [0.1, 0.15) is 17.6 Å². The van der Waals surface area contributed by atoms with Crippen molar-refractivity contribution in [2.75, 3.05) is 36.6 Å². The first kappa shape index (κ1) is 21.6. The van der Waals surface area contributed by atoms with Crippen molar-refractivity contribution >= 4 is 38.2 Å². The maximum Gasteiger partial charge on any atom is 0.282 e. The molecule has 1 saturated heterocycles. The van der Waals surface area contributed by atoms with E-state index in [2.05, 4.69) is 15.9 Å². The van der Waals surface area contributed by atoms with Crippen molar-refractivity contribution in [2.45, 2.75) is 0 Å². The average Bonchev–Trinajstić information content (AvgIpc) is 3.25. The molecule has 0 aliphatic carbocycles. The number of fused-ring (bicyclic) bond motifs is 1. The van der Waals surface area contributed by atoms with Gasteiger partial charge in [-0.3, -0.25) is 13.6 Å². The van der Waals surface area contributed by atoms with Crippen LogP contribution in [0.4, 0.5) is 5.69 Å². The average molecular weight is 483 g/mol. The molecule has 1 fully saturated rings. The second-order valence-electron chi connectivity index (χ2n) is 8.09. The predicted molar refractivity (Wildman–Crippen MR) is 135 cm³/mol. The molecule has 4 aromatic rings. The van der Waals surface area contributed by atoms with Crippen molar-refractivity contribution in [1.29, 1.82) is 0 Å². The standard InChI is InChI=1S/C24H23ClN4O3S/c1-32-23-14-20(7-8-21(23)27-9-11-33(2,31)12-10-27)28-16-26-29-15-18(13-22(29)24(28)30)17-3-5-19(25)6-4-17/h3-8,13-16H,2,9-12H2,1H3. The topological polar surface area (TPSA) is 68.8 Å². The molecule has 0 radical (unpaired) electrons. The van der Waals surface area contributed by atoms with Gasteiger partial charge in [0.2, 0.25) is 0 Å². The molecule has 7 nitrogen and oxygen atoms in total. The number of anilines is 1. The summed E-state index contributed by atoms with van der Waals surface area (Å²) in [5.41, 5.74) is 3.68. The molecule has 0 bridgehead atoms. The van der Waals surface area contributed by atoms with E-state index in [-0.39, 0.29) is 5.56 Å². The molecular formula is C24H23ClN4O3S. The Labute approximate surface area is 196 Å². The normalized spacial score (nSPS) is 15.6. The van der Waals surface area contributed by atoms with Crippen molar-refractivity contribution in [3.63, 3.8) is 0 Å². The minimum atomic E-state index is -1.99. The van der Waals surface area contributed by atoms with E-state index in [9.17, 15) is 9.00 Å². The molecule has 0 atom stereocenters. The molecule has 170 valence electrons. The first-order chi connectivity index (χ1) is 15.8. The molecule has 0 amide bonds. The van der Waals surface area contributed by atoms with Gasteiger partial charge in [0.15, 0.2) is 0 Å². The summed E-state index contributed by atoms with van der Waals surface area (Å²) < 4.78 is 20.9. The highest BCUT2D eigenvalue weighted by Gasteiger charge is 2.21.